The van der Waals surface area contributed by atoms with Gasteiger partial charge in [-0.25, -0.2) is 9.07 Å². The summed E-state index contributed by atoms with van der Waals surface area (Å²) in [6.45, 7) is 0.211. The molecule has 2 N–H and O–H groups in total. The van der Waals surface area contributed by atoms with E-state index in [1.54, 1.807) is 6.07 Å². The molecule has 0 amide bonds. The molecule has 200 valence electrons. The molecule has 1 aliphatic heterocycles. The minimum atomic E-state index is -0.907. The van der Waals surface area contributed by atoms with E-state index in [0.717, 1.165) is 33.4 Å². The third-order valence-electron chi connectivity index (χ3n) is 7.55. The quantitative estimate of drug-likeness (QED) is 0.176. The molecule has 1 aliphatic rings. The smallest absolute Gasteiger partial charge is 0.231 e. The molecule has 0 radical (unpaired) electrons. The number of nitrogen functional groups attached to an aromatic ring is 1. The first-order valence-corrected chi connectivity index (χ1v) is 13.4. The van der Waals surface area contributed by atoms with Gasteiger partial charge in [-0.3, -0.25) is 0 Å². The van der Waals surface area contributed by atoms with Crippen molar-refractivity contribution in [1.29, 1.82) is 0 Å². The SMILES string of the molecule is Nc1cc2c(C=Cc3ccc4c(c3)OCO4)nn(C(c3ccccc3)(c3ccccc3)c3ccccc3)c2cc1F. The number of halogens is 1. The summed E-state index contributed by atoms with van der Waals surface area (Å²) >= 11 is 0. The maximum absolute atomic E-state index is 15.2. The number of hydrogen-bond donors (Lipinski definition) is 1. The van der Waals surface area contributed by atoms with Crippen LogP contribution in [0.4, 0.5) is 10.1 Å². The first kappa shape index (κ1) is 24.7. The molecule has 0 fully saturated rings. The van der Waals surface area contributed by atoms with E-state index in [1.165, 1.54) is 6.07 Å². The zero-order valence-corrected chi connectivity index (χ0v) is 22.1. The molecule has 5 nitrogen and oxygen atoms in total. The fourth-order valence-electron chi connectivity index (χ4n) is 5.65. The molecule has 0 spiro atoms. The Hall–Kier alpha value is -5.36. The molecule has 5 aromatic carbocycles. The van der Waals surface area contributed by atoms with Crippen LogP contribution in [0.3, 0.4) is 0 Å². The van der Waals surface area contributed by atoms with E-state index >= 15 is 4.39 Å². The number of nitrogens with two attached hydrogens (primary N) is 1. The van der Waals surface area contributed by atoms with Gasteiger partial charge in [-0.05, 0) is 46.5 Å². The van der Waals surface area contributed by atoms with Crippen LogP contribution in [0.1, 0.15) is 27.9 Å². The van der Waals surface area contributed by atoms with Crippen LogP contribution in [-0.2, 0) is 5.54 Å². The molecule has 0 atom stereocenters. The molecule has 0 aliphatic carbocycles. The highest BCUT2D eigenvalue weighted by Gasteiger charge is 2.40. The second kappa shape index (κ2) is 9.99. The largest absolute Gasteiger partial charge is 0.454 e. The van der Waals surface area contributed by atoms with Gasteiger partial charge in [0.25, 0.3) is 0 Å². The summed E-state index contributed by atoms with van der Waals surface area (Å²) in [4.78, 5) is 0. The van der Waals surface area contributed by atoms with Crippen molar-refractivity contribution in [2.24, 2.45) is 0 Å². The number of benzene rings is 5. The lowest BCUT2D eigenvalue weighted by Gasteiger charge is -2.37. The van der Waals surface area contributed by atoms with Gasteiger partial charge in [0.2, 0.25) is 6.79 Å². The normalized spacial score (nSPS) is 12.8. The first-order chi connectivity index (χ1) is 20.1. The number of rotatable bonds is 6. The van der Waals surface area contributed by atoms with Gasteiger partial charge < -0.3 is 15.2 Å². The van der Waals surface area contributed by atoms with Gasteiger partial charge >= 0.3 is 0 Å². The molecule has 7 rings (SSSR count). The van der Waals surface area contributed by atoms with Crippen molar-refractivity contribution in [2.45, 2.75) is 5.54 Å². The number of anilines is 1. The van der Waals surface area contributed by atoms with Crippen molar-refractivity contribution in [3.8, 4) is 11.5 Å². The van der Waals surface area contributed by atoms with Crippen molar-refractivity contribution in [1.82, 2.24) is 9.78 Å². The summed E-state index contributed by atoms with van der Waals surface area (Å²) < 4.78 is 28.1. The molecule has 1 aromatic heterocycles. The number of hydrogen-bond acceptors (Lipinski definition) is 4. The van der Waals surface area contributed by atoms with Crippen LogP contribution in [0.5, 0.6) is 11.5 Å². The minimum Gasteiger partial charge on any atom is -0.454 e. The zero-order chi connectivity index (χ0) is 27.8. The van der Waals surface area contributed by atoms with Gasteiger partial charge in [0.1, 0.15) is 11.4 Å². The molecule has 6 heteroatoms. The monoisotopic (exact) mass is 539 g/mol. The first-order valence-electron chi connectivity index (χ1n) is 13.4. The Bertz CT molecular complexity index is 1790. The predicted molar refractivity (Wildman–Crippen MR) is 160 cm³/mol. The molecular formula is C35H26FN3O2. The molecule has 0 unspecified atom stereocenters. The highest BCUT2D eigenvalue weighted by atomic mass is 19.1. The third kappa shape index (κ3) is 4.12. The predicted octanol–water partition coefficient (Wildman–Crippen LogP) is 7.50. The van der Waals surface area contributed by atoms with E-state index in [-0.39, 0.29) is 12.5 Å². The lowest BCUT2D eigenvalue weighted by molar-refractivity contribution is 0.174. The van der Waals surface area contributed by atoms with E-state index < -0.39 is 11.4 Å². The summed E-state index contributed by atoms with van der Waals surface area (Å²) in [7, 11) is 0. The highest BCUT2D eigenvalue weighted by Crippen LogP contribution is 2.43. The van der Waals surface area contributed by atoms with Crippen molar-refractivity contribution in [3.05, 3.63) is 155 Å². The molecule has 0 saturated carbocycles. The number of ether oxygens (including phenoxy) is 2. The van der Waals surface area contributed by atoms with Crippen molar-refractivity contribution in [2.75, 3.05) is 12.5 Å². The fourth-order valence-corrected chi connectivity index (χ4v) is 5.65. The summed E-state index contributed by atoms with van der Waals surface area (Å²) in [5, 5.41) is 5.96. The maximum Gasteiger partial charge on any atom is 0.231 e. The van der Waals surface area contributed by atoms with Gasteiger partial charge in [0.15, 0.2) is 11.5 Å². The minimum absolute atomic E-state index is 0.0690. The van der Waals surface area contributed by atoms with Gasteiger partial charge in [-0.1, -0.05) is 103 Å². The summed E-state index contributed by atoms with van der Waals surface area (Å²) in [6.07, 6.45) is 3.89. The Balaban J connectivity index is 1.53. The molecule has 41 heavy (non-hydrogen) atoms. The van der Waals surface area contributed by atoms with E-state index in [4.69, 9.17) is 20.3 Å². The Morgan fingerprint density at radius 1 is 0.707 bits per heavy atom. The number of fused-ring (bicyclic) bond motifs is 2. The summed E-state index contributed by atoms with van der Waals surface area (Å²) in [6, 6.07) is 39.5. The van der Waals surface area contributed by atoms with Crippen LogP contribution < -0.4 is 15.2 Å². The lowest BCUT2D eigenvalue weighted by atomic mass is 9.77. The van der Waals surface area contributed by atoms with Gasteiger partial charge in [-0.2, -0.15) is 5.10 Å². The highest BCUT2D eigenvalue weighted by molar-refractivity contribution is 5.92. The molecular weight excluding hydrogens is 513 g/mol. The second-order valence-corrected chi connectivity index (χ2v) is 9.94. The summed E-state index contributed by atoms with van der Waals surface area (Å²) in [5.74, 6) is 0.927. The fraction of sp³-hybridized carbons (Fsp3) is 0.0571. The van der Waals surface area contributed by atoms with Gasteiger partial charge in [-0.15, -0.1) is 0 Å². The molecule has 0 bridgehead atoms. The van der Waals surface area contributed by atoms with Crippen LogP contribution in [0.15, 0.2) is 121 Å². The van der Waals surface area contributed by atoms with E-state index in [1.807, 2.05) is 89.6 Å². The Kier molecular flexibility index (Phi) is 6.01. The van der Waals surface area contributed by atoms with Gasteiger partial charge in [0.05, 0.1) is 16.9 Å². The van der Waals surface area contributed by atoms with Crippen molar-refractivity contribution in [3.63, 3.8) is 0 Å². The average molecular weight is 540 g/mol. The topological polar surface area (TPSA) is 62.3 Å². The molecule has 2 heterocycles. The number of nitrogens with zero attached hydrogens (tertiary/aromatic N) is 2. The van der Waals surface area contributed by atoms with Crippen molar-refractivity contribution < 1.29 is 13.9 Å². The van der Waals surface area contributed by atoms with Crippen LogP contribution in [0.25, 0.3) is 23.1 Å². The standard InChI is InChI=1S/C35H26FN3O2/c36-29-22-32-28(21-30(29)37)31(18-16-24-17-19-33-34(20-24)41-23-40-33)38-39(32)35(25-10-4-1-5-11-25,26-12-6-2-7-13-26)27-14-8-3-9-15-27/h1-22H,23,37H2. The van der Waals surface area contributed by atoms with Crippen LogP contribution in [-0.4, -0.2) is 16.6 Å². The van der Waals surface area contributed by atoms with Crippen LogP contribution in [0, 0.1) is 5.82 Å². The van der Waals surface area contributed by atoms with Crippen molar-refractivity contribution >= 4 is 28.7 Å². The Morgan fingerprint density at radius 2 is 1.29 bits per heavy atom. The van der Waals surface area contributed by atoms with Crippen LogP contribution in [0.2, 0.25) is 0 Å². The van der Waals surface area contributed by atoms with E-state index in [2.05, 4.69) is 36.4 Å². The Morgan fingerprint density at radius 3 is 1.90 bits per heavy atom. The van der Waals surface area contributed by atoms with Gasteiger partial charge in [0, 0.05) is 11.5 Å². The molecule has 0 saturated heterocycles. The van der Waals surface area contributed by atoms with E-state index in [9.17, 15) is 0 Å². The average Bonchev–Trinajstić information content (AvgIpc) is 3.63. The molecule has 6 aromatic rings. The lowest BCUT2D eigenvalue weighted by Crippen LogP contribution is -2.38. The number of aromatic nitrogens is 2. The maximum atomic E-state index is 15.2. The third-order valence-corrected chi connectivity index (χ3v) is 7.55. The summed E-state index contributed by atoms with van der Waals surface area (Å²) in [5.41, 5.74) is 10.5. The second-order valence-electron chi connectivity index (χ2n) is 9.94. The van der Waals surface area contributed by atoms with E-state index in [0.29, 0.717) is 17.0 Å². The Labute approximate surface area is 236 Å². The van der Waals surface area contributed by atoms with Crippen LogP contribution >= 0.6 is 0 Å². The zero-order valence-electron chi connectivity index (χ0n) is 22.1.